The van der Waals surface area contributed by atoms with Crippen LogP contribution in [-0.4, -0.2) is 46.1 Å². The molecule has 8 heteroatoms. The van der Waals surface area contributed by atoms with Crippen LogP contribution in [0.5, 0.6) is 0 Å². The van der Waals surface area contributed by atoms with E-state index in [1.54, 1.807) is 13.3 Å². The minimum atomic E-state index is -3.39. The minimum absolute atomic E-state index is 0.0588. The third-order valence-electron chi connectivity index (χ3n) is 2.71. The van der Waals surface area contributed by atoms with Crippen LogP contribution in [0.4, 0.5) is 0 Å². The lowest BCUT2D eigenvalue weighted by molar-refractivity contribution is 0.0784. The molecule has 0 saturated carbocycles. The Balaban J connectivity index is 2.52. The summed E-state index contributed by atoms with van der Waals surface area (Å²) >= 11 is 1.46. The largest absolute Gasteiger partial charge is 0.382 e. The maximum Gasteiger partial charge on any atom is 0.214 e. The molecule has 1 unspecified atom stereocenters. The van der Waals surface area contributed by atoms with Crippen LogP contribution in [0.15, 0.2) is 11.6 Å². The predicted octanol–water partition coefficient (Wildman–Crippen LogP) is 1.81. The number of nitrogens with zero attached hydrogens (tertiary/aromatic N) is 1. The lowest BCUT2D eigenvalue weighted by atomic mass is 10.1. The second-order valence-electron chi connectivity index (χ2n) is 5.09. The van der Waals surface area contributed by atoms with E-state index in [4.69, 9.17) is 9.47 Å². The van der Waals surface area contributed by atoms with Gasteiger partial charge in [-0.25, -0.2) is 18.1 Å². The van der Waals surface area contributed by atoms with Gasteiger partial charge in [0.05, 0.1) is 31.6 Å². The van der Waals surface area contributed by atoms with E-state index >= 15 is 0 Å². The Morgan fingerprint density at radius 2 is 2.10 bits per heavy atom. The number of methoxy groups -OCH3 is 1. The number of hydrogen-bond acceptors (Lipinski definition) is 6. The fraction of sp³-hybridized carbons (Fsp3) is 0.769. The maximum absolute atomic E-state index is 12.1. The molecular formula is C13H24N2O4S2. The third-order valence-corrected chi connectivity index (χ3v) is 4.94. The van der Waals surface area contributed by atoms with Crippen molar-refractivity contribution < 1.29 is 17.9 Å². The molecule has 1 heterocycles. The standard InChI is InChI=1S/C13H24N2O4S2/c1-11(2)10-12(13-14-4-8-20-13)15-21(16,17)9-7-19-6-5-18-3/h4,8,11-12,15H,5-7,9-10H2,1-3H3. The molecule has 0 bridgehead atoms. The van der Waals surface area contributed by atoms with Gasteiger partial charge < -0.3 is 9.47 Å². The summed E-state index contributed by atoms with van der Waals surface area (Å²) in [5.74, 6) is 0.316. The number of sulfonamides is 1. The first-order chi connectivity index (χ1) is 9.94. The zero-order valence-electron chi connectivity index (χ0n) is 12.7. The van der Waals surface area contributed by atoms with Gasteiger partial charge in [-0.15, -0.1) is 11.3 Å². The summed E-state index contributed by atoms with van der Waals surface area (Å²) in [4.78, 5) is 4.22. The highest BCUT2D eigenvalue weighted by Crippen LogP contribution is 2.23. The van der Waals surface area contributed by atoms with Gasteiger partial charge in [-0.2, -0.15) is 0 Å². The summed E-state index contributed by atoms with van der Waals surface area (Å²) in [6.45, 7) is 5.13. The highest BCUT2D eigenvalue weighted by molar-refractivity contribution is 7.89. The average Bonchev–Trinajstić information content (AvgIpc) is 2.90. The van der Waals surface area contributed by atoms with Crippen LogP contribution in [0.1, 0.15) is 31.3 Å². The molecule has 0 aliphatic carbocycles. The summed E-state index contributed by atoms with van der Waals surface area (Å²) < 4.78 is 37.0. The van der Waals surface area contributed by atoms with Gasteiger partial charge >= 0.3 is 0 Å². The molecule has 1 aromatic heterocycles. The number of rotatable bonds is 11. The van der Waals surface area contributed by atoms with Gasteiger partial charge in [-0.05, 0) is 12.3 Å². The zero-order valence-corrected chi connectivity index (χ0v) is 14.4. The molecule has 1 N–H and O–H groups in total. The lowest BCUT2D eigenvalue weighted by Crippen LogP contribution is -2.33. The Labute approximate surface area is 130 Å². The molecule has 1 atom stereocenters. The van der Waals surface area contributed by atoms with Crippen molar-refractivity contribution in [2.45, 2.75) is 26.3 Å². The Morgan fingerprint density at radius 3 is 2.67 bits per heavy atom. The molecule has 0 radical (unpaired) electrons. The summed E-state index contributed by atoms with van der Waals surface area (Å²) in [6, 6.07) is -0.269. The molecule has 0 fully saturated rings. The molecule has 0 aromatic carbocycles. The fourth-order valence-electron chi connectivity index (χ4n) is 1.77. The number of nitrogens with one attached hydrogen (secondary N) is 1. The van der Waals surface area contributed by atoms with Crippen LogP contribution in [0.2, 0.25) is 0 Å². The molecule has 6 nitrogen and oxygen atoms in total. The van der Waals surface area contributed by atoms with E-state index in [2.05, 4.69) is 23.6 Å². The van der Waals surface area contributed by atoms with Crippen molar-refractivity contribution in [1.29, 1.82) is 0 Å². The van der Waals surface area contributed by atoms with E-state index in [-0.39, 0.29) is 18.4 Å². The SMILES string of the molecule is COCCOCCS(=O)(=O)NC(CC(C)C)c1nccs1. The monoisotopic (exact) mass is 336 g/mol. The summed E-state index contributed by atoms with van der Waals surface area (Å²) in [7, 11) is -1.81. The molecule has 122 valence electrons. The van der Waals surface area contributed by atoms with E-state index < -0.39 is 10.0 Å². The fourth-order valence-corrected chi connectivity index (χ4v) is 3.64. The van der Waals surface area contributed by atoms with E-state index in [1.165, 1.54) is 11.3 Å². The molecule has 0 saturated heterocycles. The molecule has 0 aliphatic heterocycles. The van der Waals surface area contributed by atoms with Gasteiger partial charge in [0.1, 0.15) is 5.01 Å². The quantitative estimate of drug-likeness (QED) is 0.624. The van der Waals surface area contributed by atoms with Crippen molar-refractivity contribution >= 4 is 21.4 Å². The van der Waals surface area contributed by atoms with Crippen molar-refractivity contribution in [2.24, 2.45) is 5.92 Å². The average molecular weight is 336 g/mol. The first-order valence-electron chi connectivity index (χ1n) is 6.90. The highest BCUT2D eigenvalue weighted by atomic mass is 32.2. The van der Waals surface area contributed by atoms with Crippen molar-refractivity contribution in [3.8, 4) is 0 Å². The number of ether oxygens (including phenoxy) is 2. The van der Waals surface area contributed by atoms with Gasteiger partial charge in [0, 0.05) is 18.7 Å². The van der Waals surface area contributed by atoms with Crippen LogP contribution < -0.4 is 4.72 Å². The van der Waals surface area contributed by atoms with Gasteiger partial charge in [0.25, 0.3) is 0 Å². The first kappa shape index (κ1) is 18.5. The topological polar surface area (TPSA) is 77.5 Å². The van der Waals surface area contributed by atoms with Crippen LogP contribution >= 0.6 is 11.3 Å². The van der Waals surface area contributed by atoms with Gasteiger partial charge in [0.15, 0.2) is 0 Å². The normalized spacial score (nSPS) is 13.7. The van der Waals surface area contributed by atoms with Crippen molar-refractivity contribution in [2.75, 3.05) is 32.7 Å². The van der Waals surface area contributed by atoms with Crippen LogP contribution in [-0.2, 0) is 19.5 Å². The zero-order chi connectivity index (χ0) is 15.7. The molecule has 0 spiro atoms. The number of aromatic nitrogens is 1. The summed E-state index contributed by atoms with van der Waals surface area (Å²) in [6.07, 6.45) is 2.41. The number of thiazole rings is 1. The Hall–Kier alpha value is -0.540. The van der Waals surface area contributed by atoms with Gasteiger partial charge in [0.2, 0.25) is 10.0 Å². The van der Waals surface area contributed by atoms with E-state index in [0.717, 1.165) is 11.4 Å². The van der Waals surface area contributed by atoms with Crippen LogP contribution in [0.25, 0.3) is 0 Å². The molecule has 21 heavy (non-hydrogen) atoms. The van der Waals surface area contributed by atoms with Crippen LogP contribution in [0.3, 0.4) is 0 Å². The summed E-state index contributed by atoms with van der Waals surface area (Å²) in [5.41, 5.74) is 0. The van der Waals surface area contributed by atoms with Crippen LogP contribution in [0, 0.1) is 5.92 Å². The molecular weight excluding hydrogens is 312 g/mol. The minimum Gasteiger partial charge on any atom is -0.382 e. The highest BCUT2D eigenvalue weighted by Gasteiger charge is 2.22. The second kappa shape index (κ2) is 9.47. The third kappa shape index (κ3) is 7.87. The molecule has 0 aliphatic rings. The molecule has 1 rings (SSSR count). The number of hydrogen-bond donors (Lipinski definition) is 1. The van der Waals surface area contributed by atoms with E-state index in [9.17, 15) is 8.42 Å². The molecule has 0 amide bonds. The van der Waals surface area contributed by atoms with Crippen molar-refractivity contribution in [3.63, 3.8) is 0 Å². The van der Waals surface area contributed by atoms with Gasteiger partial charge in [-0.3, -0.25) is 0 Å². The van der Waals surface area contributed by atoms with Crippen molar-refractivity contribution in [3.05, 3.63) is 16.6 Å². The van der Waals surface area contributed by atoms with Gasteiger partial charge in [-0.1, -0.05) is 13.8 Å². The summed E-state index contributed by atoms with van der Waals surface area (Å²) in [5, 5.41) is 2.65. The Bertz CT molecular complexity index is 474. The molecule has 1 aromatic rings. The Kier molecular flexibility index (Phi) is 8.35. The smallest absolute Gasteiger partial charge is 0.214 e. The first-order valence-corrected chi connectivity index (χ1v) is 9.44. The van der Waals surface area contributed by atoms with Crippen molar-refractivity contribution in [1.82, 2.24) is 9.71 Å². The van der Waals surface area contributed by atoms with E-state index in [0.29, 0.717) is 19.1 Å². The lowest BCUT2D eigenvalue weighted by Gasteiger charge is -2.18. The Morgan fingerprint density at radius 1 is 1.33 bits per heavy atom. The second-order valence-corrected chi connectivity index (χ2v) is 7.89. The maximum atomic E-state index is 12.1. The predicted molar refractivity (Wildman–Crippen MR) is 83.9 cm³/mol. The van der Waals surface area contributed by atoms with E-state index in [1.807, 2.05) is 5.38 Å².